The Morgan fingerprint density at radius 1 is 1.13 bits per heavy atom. The van der Waals surface area contributed by atoms with E-state index in [4.69, 9.17) is 4.74 Å². The summed E-state index contributed by atoms with van der Waals surface area (Å²) in [6.07, 6.45) is 3.98. The van der Waals surface area contributed by atoms with Crippen molar-refractivity contribution >= 4 is 46.1 Å². The molecule has 1 saturated heterocycles. The smallest absolute Gasteiger partial charge is 0.408 e. The SMILES string of the molecule is CCC(CC)(CNC(=NC)NCC1CCN(S(C)(=O)=O)CC1)NC(=O)OC(C)(C)C.I. The van der Waals surface area contributed by atoms with E-state index in [0.717, 1.165) is 32.2 Å². The summed E-state index contributed by atoms with van der Waals surface area (Å²) in [6, 6.07) is 0. The number of hydrogen-bond acceptors (Lipinski definition) is 5. The largest absolute Gasteiger partial charge is 0.444 e. The predicted octanol–water partition coefficient (Wildman–Crippen LogP) is 2.52. The number of halogens is 1. The molecule has 1 rings (SSSR count). The second kappa shape index (κ2) is 13.0. The van der Waals surface area contributed by atoms with Crippen molar-refractivity contribution in [1.82, 2.24) is 20.3 Å². The van der Waals surface area contributed by atoms with Crippen molar-refractivity contribution in [2.45, 2.75) is 71.4 Å². The Hall–Kier alpha value is -0.820. The molecule has 0 atom stereocenters. The number of ether oxygens (including phenoxy) is 1. The van der Waals surface area contributed by atoms with Gasteiger partial charge >= 0.3 is 6.09 Å². The van der Waals surface area contributed by atoms with Crippen LogP contribution in [0.2, 0.25) is 0 Å². The van der Waals surface area contributed by atoms with E-state index in [0.29, 0.717) is 31.5 Å². The van der Waals surface area contributed by atoms with Gasteiger partial charge in [0.25, 0.3) is 0 Å². The Kier molecular flexibility index (Phi) is 12.7. The summed E-state index contributed by atoms with van der Waals surface area (Å²) in [4.78, 5) is 16.6. The van der Waals surface area contributed by atoms with Gasteiger partial charge in [0.2, 0.25) is 10.0 Å². The molecule has 31 heavy (non-hydrogen) atoms. The Balaban J connectivity index is 0.00000900. The Morgan fingerprint density at radius 2 is 1.68 bits per heavy atom. The summed E-state index contributed by atoms with van der Waals surface area (Å²) in [5.41, 5.74) is -0.990. The molecule has 0 radical (unpaired) electrons. The van der Waals surface area contributed by atoms with E-state index in [1.165, 1.54) is 10.6 Å². The fourth-order valence-electron chi connectivity index (χ4n) is 3.40. The van der Waals surface area contributed by atoms with Crippen molar-refractivity contribution in [1.29, 1.82) is 0 Å². The number of hydrogen-bond donors (Lipinski definition) is 3. The number of carbonyl (C=O) groups is 1. The van der Waals surface area contributed by atoms with Crippen molar-refractivity contribution in [2.24, 2.45) is 10.9 Å². The molecule has 1 amide bonds. The van der Waals surface area contributed by atoms with E-state index in [1.807, 2.05) is 34.6 Å². The Bertz CT molecular complexity index is 682. The van der Waals surface area contributed by atoms with E-state index >= 15 is 0 Å². The van der Waals surface area contributed by atoms with Gasteiger partial charge in [-0.15, -0.1) is 24.0 Å². The number of sulfonamides is 1. The van der Waals surface area contributed by atoms with Crippen molar-refractivity contribution in [2.75, 3.05) is 39.5 Å². The van der Waals surface area contributed by atoms with Crippen LogP contribution < -0.4 is 16.0 Å². The third kappa shape index (κ3) is 11.0. The lowest BCUT2D eigenvalue weighted by Crippen LogP contribution is -2.57. The topological polar surface area (TPSA) is 112 Å². The van der Waals surface area contributed by atoms with Gasteiger partial charge in [0.05, 0.1) is 11.8 Å². The van der Waals surface area contributed by atoms with Crippen molar-refractivity contribution < 1.29 is 17.9 Å². The third-order valence-corrected chi connectivity index (χ3v) is 6.84. The second-order valence-corrected chi connectivity index (χ2v) is 11.0. The molecule has 1 aliphatic rings. The molecule has 3 N–H and O–H groups in total. The van der Waals surface area contributed by atoms with Gasteiger partial charge in [-0.1, -0.05) is 13.8 Å². The average molecular weight is 576 g/mol. The van der Waals surface area contributed by atoms with Crippen molar-refractivity contribution in [3.63, 3.8) is 0 Å². The number of nitrogens with zero attached hydrogens (tertiary/aromatic N) is 2. The lowest BCUT2D eigenvalue weighted by molar-refractivity contribution is 0.0448. The highest BCUT2D eigenvalue weighted by atomic mass is 127. The number of piperidine rings is 1. The van der Waals surface area contributed by atoms with Crippen LogP contribution in [0.15, 0.2) is 4.99 Å². The zero-order chi connectivity index (χ0) is 23.0. The van der Waals surface area contributed by atoms with Crippen LogP contribution in [0.4, 0.5) is 4.79 Å². The summed E-state index contributed by atoms with van der Waals surface area (Å²) < 4.78 is 30.2. The molecule has 1 fully saturated rings. The fourth-order valence-corrected chi connectivity index (χ4v) is 4.27. The number of amides is 1. The predicted molar refractivity (Wildman–Crippen MR) is 137 cm³/mol. The molecule has 1 aliphatic heterocycles. The number of guanidine groups is 1. The minimum absolute atomic E-state index is 0. The van der Waals surface area contributed by atoms with Crippen LogP contribution in [0.3, 0.4) is 0 Å². The first kappa shape index (κ1) is 30.2. The monoisotopic (exact) mass is 575 g/mol. The van der Waals surface area contributed by atoms with Gasteiger partial charge in [-0.2, -0.15) is 0 Å². The molecule has 0 aliphatic carbocycles. The van der Waals surface area contributed by atoms with E-state index in [1.54, 1.807) is 7.05 Å². The van der Waals surface area contributed by atoms with Gasteiger partial charge in [-0.05, 0) is 52.4 Å². The zero-order valence-electron chi connectivity index (χ0n) is 20.1. The molecule has 0 aromatic carbocycles. The minimum atomic E-state index is -3.11. The van der Waals surface area contributed by atoms with Crippen molar-refractivity contribution in [3.8, 4) is 0 Å². The van der Waals surface area contributed by atoms with E-state index in [2.05, 4.69) is 20.9 Å². The molecule has 0 aromatic heterocycles. The molecule has 184 valence electrons. The van der Waals surface area contributed by atoms with Gasteiger partial charge in [-0.3, -0.25) is 4.99 Å². The number of nitrogens with one attached hydrogen (secondary N) is 3. The van der Waals surface area contributed by atoms with Gasteiger partial charge in [0.1, 0.15) is 5.60 Å². The van der Waals surface area contributed by atoms with Gasteiger partial charge < -0.3 is 20.7 Å². The fraction of sp³-hybridized carbons (Fsp3) is 0.900. The highest BCUT2D eigenvalue weighted by Crippen LogP contribution is 2.19. The quantitative estimate of drug-likeness (QED) is 0.233. The van der Waals surface area contributed by atoms with Crippen molar-refractivity contribution in [3.05, 3.63) is 0 Å². The molecule has 0 bridgehead atoms. The highest BCUT2D eigenvalue weighted by molar-refractivity contribution is 14.0. The first-order valence-electron chi connectivity index (χ1n) is 10.7. The summed E-state index contributed by atoms with van der Waals surface area (Å²) in [5.74, 6) is 1.06. The number of alkyl carbamates (subject to hydrolysis) is 1. The maximum Gasteiger partial charge on any atom is 0.408 e. The minimum Gasteiger partial charge on any atom is -0.444 e. The first-order chi connectivity index (χ1) is 13.8. The van der Waals surface area contributed by atoms with Crippen LogP contribution in [-0.4, -0.2) is 75.4 Å². The average Bonchev–Trinajstić information content (AvgIpc) is 2.65. The molecule has 11 heteroatoms. The van der Waals surface area contributed by atoms with Crippen LogP contribution in [0.1, 0.15) is 60.3 Å². The standard InChI is InChI=1S/C20H41N5O4S.HI/c1-8-20(9-2,24-18(26)29-19(3,4)5)15-23-17(21-6)22-14-16-10-12-25(13-11-16)30(7,27)28;/h16H,8-15H2,1-7H3,(H,24,26)(H2,21,22,23);1H. The number of carbonyl (C=O) groups excluding carboxylic acids is 1. The van der Waals surface area contributed by atoms with Gasteiger partial charge in [0, 0.05) is 33.2 Å². The van der Waals surface area contributed by atoms with Crippen LogP contribution in [0, 0.1) is 5.92 Å². The summed E-state index contributed by atoms with van der Waals surface area (Å²) in [7, 11) is -1.39. The van der Waals surface area contributed by atoms with E-state index in [9.17, 15) is 13.2 Å². The van der Waals surface area contributed by atoms with Gasteiger partial charge in [0.15, 0.2) is 5.96 Å². The molecule has 0 unspecified atom stereocenters. The van der Waals surface area contributed by atoms with Gasteiger partial charge in [-0.25, -0.2) is 17.5 Å². The molecular weight excluding hydrogens is 533 g/mol. The lowest BCUT2D eigenvalue weighted by Gasteiger charge is -2.35. The van der Waals surface area contributed by atoms with Crippen LogP contribution in [0.25, 0.3) is 0 Å². The Morgan fingerprint density at radius 3 is 2.10 bits per heavy atom. The molecule has 0 spiro atoms. The lowest BCUT2D eigenvalue weighted by atomic mass is 9.93. The second-order valence-electron chi connectivity index (χ2n) is 9.03. The first-order valence-corrected chi connectivity index (χ1v) is 12.6. The van der Waals surface area contributed by atoms with E-state index in [-0.39, 0.29) is 24.0 Å². The Labute approximate surface area is 205 Å². The number of aliphatic imine (C=N–C) groups is 1. The van der Waals surface area contributed by atoms with E-state index < -0.39 is 27.3 Å². The molecule has 9 nitrogen and oxygen atoms in total. The molecule has 0 saturated carbocycles. The highest BCUT2D eigenvalue weighted by Gasteiger charge is 2.31. The zero-order valence-corrected chi connectivity index (χ0v) is 23.2. The van der Waals surface area contributed by atoms with Crippen LogP contribution in [-0.2, 0) is 14.8 Å². The maximum atomic E-state index is 12.3. The third-order valence-electron chi connectivity index (χ3n) is 5.54. The van der Waals surface area contributed by atoms with Crippen LogP contribution >= 0.6 is 24.0 Å². The molecular formula is C20H42IN5O4S. The number of rotatable bonds is 8. The molecule has 1 heterocycles. The molecule has 0 aromatic rings. The van der Waals surface area contributed by atoms with Crippen LogP contribution in [0.5, 0.6) is 0 Å². The summed E-state index contributed by atoms with van der Waals surface area (Å²) in [6.45, 7) is 12.0. The normalized spacial score (nSPS) is 16.9. The summed E-state index contributed by atoms with van der Waals surface area (Å²) in [5, 5.41) is 9.67. The summed E-state index contributed by atoms with van der Waals surface area (Å²) >= 11 is 0. The maximum absolute atomic E-state index is 12.3.